The number of halogens is 2. The smallest absolute Gasteiger partial charge is 0.124 e. The summed E-state index contributed by atoms with van der Waals surface area (Å²) in [4.78, 5) is 0. The Morgan fingerprint density at radius 1 is 1.32 bits per heavy atom. The lowest BCUT2D eigenvalue weighted by Gasteiger charge is -2.25. The molecule has 0 spiro atoms. The maximum atomic E-state index is 13.1. The highest BCUT2D eigenvalue weighted by Gasteiger charge is 2.39. The molecule has 4 atom stereocenters. The first-order chi connectivity index (χ1) is 9.11. The fourth-order valence-electron chi connectivity index (χ4n) is 4.11. The highest BCUT2D eigenvalue weighted by molar-refractivity contribution is 9.10. The maximum Gasteiger partial charge on any atom is 0.124 e. The second kappa shape index (κ2) is 5.53. The predicted octanol–water partition coefficient (Wildman–Crippen LogP) is 4.28. The SMILES string of the molecule is NC(Cc1ccc(F)cc1Br)CC1CC2CCC1C2. The average molecular weight is 326 g/mol. The van der Waals surface area contributed by atoms with E-state index in [-0.39, 0.29) is 11.9 Å². The van der Waals surface area contributed by atoms with Crippen LogP contribution < -0.4 is 5.73 Å². The van der Waals surface area contributed by atoms with Crippen LogP contribution in [-0.4, -0.2) is 6.04 Å². The molecular formula is C16H21BrFN. The molecule has 19 heavy (non-hydrogen) atoms. The van der Waals surface area contributed by atoms with Crippen LogP contribution in [0, 0.1) is 23.6 Å². The summed E-state index contributed by atoms with van der Waals surface area (Å²) in [6.07, 6.45) is 7.67. The molecule has 2 bridgehead atoms. The Morgan fingerprint density at radius 2 is 2.16 bits per heavy atom. The number of benzene rings is 1. The standard InChI is InChI=1S/C16H21BrFN/c17-16-9-14(18)4-3-12(16)7-15(19)8-13-6-10-1-2-11(13)5-10/h3-4,9-11,13,15H,1-2,5-8,19H2. The molecular weight excluding hydrogens is 305 g/mol. The molecule has 0 heterocycles. The van der Waals surface area contributed by atoms with Gasteiger partial charge in [-0.05, 0) is 67.6 Å². The van der Waals surface area contributed by atoms with E-state index in [1.807, 2.05) is 6.07 Å². The van der Waals surface area contributed by atoms with Crippen molar-refractivity contribution >= 4 is 15.9 Å². The zero-order chi connectivity index (χ0) is 13.4. The Hall–Kier alpha value is -0.410. The van der Waals surface area contributed by atoms with E-state index in [2.05, 4.69) is 15.9 Å². The topological polar surface area (TPSA) is 26.0 Å². The van der Waals surface area contributed by atoms with Gasteiger partial charge in [-0.1, -0.05) is 28.4 Å². The van der Waals surface area contributed by atoms with Crippen LogP contribution in [0.15, 0.2) is 22.7 Å². The summed E-state index contributed by atoms with van der Waals surface area (Å²) >= 11 is 3.43. The van der Waals surface area contributed by atoms with Gasteiger partial charge in [-0.3, -0.25) is 0 Å². The highest BCUT2D eigenvalue weighted by Crippen LogP contribution is 2.49. The van der Waals surface area contributed by atoms with Crippen LogP contribution in [0.2, 0.25) is 0 Å². The van der Waals surface area contributed by atoms with Crippen LogP contribution in [0.3, 0.4) is 0 Å². The lowest BCUT2D eigenvalue weighted by Crippen LogP contribution is -2.28. The van der Waals surface area contributed by atoms with E-state index in [1.165, 1.54) is 37.8 Å². The molecule has 0 saturated heterocycles. The van der Waals surface area contributed by atoms with Gasteiger partial charge in [0.15, 0.2) is 0 Å². The first kappa shape index (κ1) is 13.6. The summed E-state index contributed by atoms with van der Waals surface area (Å²) in [6, 6.07) is 5.09. The predicted molar refractivity (Wildman–Crippen MR) is 79.3 cm³/mol. The third kappa shape index (κ3) is 3.03. The molecule has 3 heteroatoms. The van der Waals surface area contributed by atoms with Gasteiger partial charge in [0.1, 0.15) is 5.82 Å². The van der Waals surface area contributed by atoms with E-state index in [9.17, 15) is 4.39 Å². The molecule has 2 N–H and O–H groups in total. The van der Waals surface area contributed by atoms with E-state index in [0.717, 1.165) is 40.6 Å². The number of rotatable bonds is 4. The molecule has 1 aromatic rings. The van der Waals surface area contributed by atoms with Crippen LogP contribution >= 0.6 is 15.9 Å². The van der Waals surface area contributed by atoms with Gasteiger partial charge < -0.3 is 5.73 Å². The highest BCUT2D eigenvalue weighted by atomic mass is 79.9. The number of hydrogen-bond acceptors (Lipinski definition) is 1. The second-order valence-corrected chi connectivity index (χ2v) is 7.22. The van der Waals surface area contributed by atoms with Crippen LogP contribution in [0.25, 0.3) is 0 Å². The molecule has 2 aliphatic carbocycles. The zero-order valence-electron chi connectivity index (χ0n) is 11.1. The van der Waals surface area contributed by atoms with Crippen molar-refractivity contribution in [2.24, 2.45) is 23.5 Å². The monoisotopic (exact) mass is 325 g/mol. The summed E-state index contributed by atoms with van der Waals surface area (Å²) < 4.78 is 13.9. The number of nitrogens with two attached hydrogens (primary N) is 1. The molecule has 0 radical (unpaired) electrons. The van der Waals surface area contributed by atoms with E-state index in [1.54, 1.807) is 0 Å². The van der Waals surface area contributed by atoms with Crippen molar-refractivity contribution in [3.8, 4) is 0 Å². The van der Waals surface area contributed by atoms with Crippen molar-refractivity contribution in [3.63, 3.8) is 0 Å². The minimum Gasteiger partial charge on any atom is -0.327 e. The summed E-state index contributed by atoms with van der Waals surface area (Å²) in [5.41, 5.74) is 7.43. The minimum absolute atomic E-state index is 0.197. The summed E-state index contributed by atoms with van der Waals surface area (Å²) in [6.45, 7) is 0. The Labute approximate surface area is 122 Å². The van der Waals surface area contributed by atoms with Gasteiger partial charge in [-0.25, -0.2) is 4.39 Å². The fraction of sp³-hybridized carbons (Fsp3) is 0.625. The Balaban J connectivity index is 1.57. The minimum atomic E-state index is -0.197. The fourth-order valence-corrected chi connectivity index (χ4v) is 4.62. The van der Waals surface area contributed by atoms with Crippen molar-refractivity contribution in [2.75, 3.05) is 0 Å². The summed E-state index contributed by atoms with van der Waals surface area (Å²) in [5, 5.41) is 0. The maximum absolute atomic E-state index is 13.1. The molecule has 4 unspecified atom stereocenters. The lowest BCUT2D eigenvalue weighted by molar-refractivity contribution is 0.294. The van der Waals surface area contributed by atoms with Crippen molar-refractivity contribution in [1.82, 2.24) is 0 Å². The van der Waals surface area contributed by atoms with Crippen molar-refractivity contribution < 1.29 is 4.39 Å². The van der Waals surface area contributed by atoms with Crippen molar-refractivity contribution in [1.29, 1.82) is 0 Å². The molecule has 1 aromatic carbocycles. The summed E-state index contributed by atoms with van der Waals surface area (Å²) in [7, 11) is 0. The Kier molecular flexibility index (Phi) is 3.95. The molecule has 2 saturated carbocycles. The van der Waals surface area contributed by atoms with Gasteiger partial charge in [0.05, 0.1) is 0 Å². The average Bonchev–Trinajstić information content (AvgIpc) is 2.95. The van der Waals surface area contributed by atoms with Gasteiger partial charge in [-0.2, -0.15) is 0 Å². The van der Waals surface area contributed by atoms with Crippen LogP contribution in [0.5, 0.6) is 0 Å². The van der Waals surface area contributed by atoms with Gasteiger partial charge >= 0.3 is 0 Å². The number of hydrogen-bond donors (Lipinski definition) is 1. The van der Waals surface area contributed by atoms with E-state index in [4.69, 9.17) is 5.73 Å². The van der Waals surface area contributed by atoms with Gasteiger partial charge in [0, 0.05) is 10.5 Å². The van der Waals surface area contributed by atoms with Crippen LogP contribution in [0.4, 0.5) is 4.39 Å². The molecule has 0 amide bonds. The Bertz CT molecular complexity index is 462. The van der Waals surface area contributed by atoms with Crippen molar-refractivity contribution in [2.45, 2.75) is 44.6 Å². The molecule has 0 aliphatic heterocycles. The van der Waals surface area contributed by atoms with Gasteiger partial charge in [-0.15, -0.1) is 0 Å². The third-order valence-corrected chi connectivity index (χ3v) is 5.73. The Morgan fingerprint density at radius 3 is 2.79 bits per heavy atom. The normalized spacial score (nSPS) is 30.8. The van der Waals surface area contributed by atoms with E-state index < -0.39 is 0 Å². The van der Waals surface area contributed by atoms with Gasteiger partial charge in [0.25, 0.3) is 0 Å². The second-order valence-electron chi connectivity index (χ2n) is 6.37. The van der Waals surface area contributed by atoms with E-state index >= 15 is 0 Å². The first-order valence-electron chi connectivity index (χ1n) is 7.31. The van der Waals surface area contributed by atoms with Gasteiger partial charge in [0.2, 0.25) is 0 Å². The molecule has 2 aliphatic rings. The number of fused-ring (bicyclic) bond motifs is 2. The zero-order valence-corrected chi connectivity index (χ0v) is 12.7. The quantitative estimate of drug-likeness (QED) is 0.878. The lowest BCUT2D eigenvalue weighted by atomic mass is 9.83. The molecule has 2 fully saturated rings. The third-order valence-electron chi connectivity index (χ3n) is 4.99. The first-order valence-corrected chi connectivity index (χ1v) is 8.10. The van der Waals surface area contributed by atoms with Crippen molar-refractivity contribution in [3.05, 3.63) is 34.1 Å². The largest absolute Gasteiger partial charge is 0.327 e. The molecule has 1 nitrogen and oxygen atoms in total. The van der Waals surface area contributed by atoms with E-state index in [0.29, 0.717) is 0 Å². The van der Waals surface area contributed by atoms with Crippen LogP contribution in [0.1, 0.15) is 37.7 Å². The molecule has 0 aromatic heterocycles. The van der Waals surface area contributed by atoms with Crippen LogP contribution in [-0.2, 0) is 6.42 Å². The summed E-state index contributed by atoms with van der Waals surface area (Å²) in [5.74, 6) is 2.57. The molecule has 3 rings (SSSR count). The molecule has 104 valence electrons.